The van der Waals surface area contributed by atoms with Gasteiger partial charge in [-0.1, -0.05) is 30.3 Å². The summed E-state index contributed by atoms with van der Waals surface area (Å²) in [6, 6.07) is 9.31. The SMILES string of the molecule is NCNCCCCCOC(OCC(O)CO)[C@@H](O)N/C=C(\N)c1ccccc1. The Bertz CT molecular complexity index is 532. The fourth-order valence-corrected chi connectivity index (χ4v) is 2.29. The number of aliphatic hydroxyl groups is 3. The van der Waals surface area contributed by atoms with Gasteiger partial charge in [-0.15, -0.1) is 0 Å². The van der Waals surface area contributed by atoms with E-state index >= 15 is 0 Å². The molecular formula is C19H34N4O5. The Kier molecular flexibility index (Phi) is 13.2. The molecule has 2 unspecified atom stereocenters. The lowest BCUT2D eigenvalue weighted by Crippen LogP contribution is -2.42. The van der Waals surface area contributed by atoms with Crippen LogP contribution in [0.2, 0.25) is 0 Å². The van der Waals surface area contributed by atoms with E-state index in [0.717, 1.165) is 31.4 Å². The summed E-state index contributed by atoms with van der Waals surface area (Å²) in [6.45, 7) is 1.06. The van der Waals surface area contributed by atoms with Crippen LogP contribution in [0, 0.1) is 0 Å². The molecule has 0 bridgehead atoms. The number of hydrogen-bond donors (Lipinski definition) is 7. The number of nitrogens with one attached hydrogen (secondary N) is 2. The molecule has 1 rings (SSSR count). The van der Waals surface area contributed by atoms with Crippen LogP contribution in [0.1, 0.15) is 24.8 Å². The van der Waals surface area contributed by atoms with Crippen molar-refractivity contribution in [2.45, 2.75) is 37.9 Å². The maximum atomic E-state index is 10.3. The van der Waals surface area contributed by atoms with Crippen LogP contribution in [0.15, 0.2) is 36.5 Å². The monoisotopic (exact) mass is 398 g/mol. The topological polar surface area (TPSA) is 155 Å². The van der Waals surface area contributed by atoms with Gasteiger partial charge in [0.15, 0.2) is 6.23 Å². The first-order valence-electron chi connectivity index (χ1n) is 9.46. The van der Waals surface area contributed by atoms with Gasteiger partial charge in [-0.05, 0) is 31.4 Å². The van der Waals surface area contributed by atoms with Crippen molar-refractivity contribution in [1.29, 1.82) is 0 Å². The van der Waals surface area contributed by atoms with Crippen molar-refractivity contribution in [2.24, 2.45) is 11.5 Å². The molecule has 9 N–H and O–H groups in total. The summed E-state index contributed by atoms with van der Waals surface area (Å²) in [6.07, 6.45) is 0.876. The molecule has 3 atom stereocenters. The van der Waals surface area contributed by atoms with Gasteiger partial charge in [0.05, 0.1) is 18.9 Å². The van der Waals surface area contributed by atoms with E-state index in [9.17, 15) is 10.2 Å². The van der Waals surface area contributed by atoms with Gasteiger partial charge >= 0.3 is 0 Å². The highest BCUT2D eigenvalue weighted by atomic mass is 16.7. The van der Waals surface area contributed by atoms with E-state index in [0.29, 0.717) is 19.0 Å². The number of aliphatic hydroxyl groups excluding tert-OH is 3. The summed E-state index contributed by atoms with van der Waals surface area (Å²) in [5, 5.41) is 34.5. The molecule has 1 aromatic carbocycles. The molecule has 0 aliphatic carbocycles. The molecule has 0 saturated heterocycles. The van der Waals surface area contributed by atoms with Gasteiger partial charge in [0.25, 0.3) is 0 Å². The zero-order valence-corrected chi connectivity index (χ0v) is 16.2. The largest absolute Gasteiger partial charge is 0.397 e. The molecule has 160 valence electrons. The first-order chi connectivity index (χ1) is 13.6. The molecule has 0 heterocycles. The molecule has 0 aliphatic heterocycles. The van der Waals surface area contributed by atoms with Crippen LogP contribution in [-0.2, 0) is 9.47 Å². The van der Waals surface area contributed by atoms with Crippen molar-refractivity contribution in [3.8, 4) is 0 Å². The van der Waals surface area contributed by atoms with Crippen molar-refractivity contribution in [1.82, 2.24) is 10.6 Å². The normalized spacial score (nSPS) is 15.2. The van der Waals surface area contributed by atoms with Gasteiger partial charge < -0.3 is 46.9 Å². The van der Waals surface area contributed by atoms with Crippen LogP contribution in [0.25, 0.3) is 5.70 Å². The Labute approximate surface area is 166 Å². The number of nitrogens with two attached hydrogens (primary N) is 2. The number of rotatable bonds is 16. The van der Waals surface area contributed by atoms with Gasteiger partial charge in [0, 0.05) is 19.5 Å². The average molecular weight is 399 g/mol. The lowest BCUT2D eigenvalue weighted by Gasteiger charge is -2.25. The molecule has 0 radical (unpaired) electrons. The van der Waals surface area contributed by atoms with Crippen LogP contribution in [0.5, 0.6) is 0 Å². The maximum absolute atomic E-state index is 10.3. The Hall–Kier alpha value is -1.72. The summed E-state index contributed by atoms with van der Waals surface area (Å²) >= 11 is 0. The smallest absolute Gasteiger partial charge is 0.202 e. The van der Waals surface area contributed by atoms with Gasteiger partial charge in [0.1, 0.15) is 6.10 Å². The lowest BCUT2D eigenvalue weighted by atomic mass is 10.2. The first-order valence-corrected chi connectivity index (χ1v) is 9.46. The Morgan fingerprint density at radius 1 is 1.11 bits per heavy atom. The second-order valence-electron chi connectivity index (χ2n) is 6.25. The van der Waals surface area contributed by atoms with E-state index < -0.39 is 25.2 Å². The molecular weight excluding hydrogens is 364 g/mol. The van der Waals surface area contributed by atoms with E-state index in [-0.39, 0.29) is 6.61 Å². The molecule has 1 aromatic rings. The van der Waals surface area contributed by atoms with Gasteiger partial charge in [-0.3, -0.25) is 0 Å². The second kappa shape index (κ2) is 15.2. The third-order valence-electron chi connectivity index (χ3n) is 3.86. The quantitative estimate of drug-likeness (QED) is 0.140. The number of unbranched alkanes of at least 4 members (excludes halogenated alkanes) is 2. The summed E-state index contributed by atoms with van der Waals surface area (Å²) in [5.41, 5.74) is 12.6. The zero-order valence-electron chi connectivity index (χ0n) is 16.2. The van der Waals surface area contributed by atoms with E-state index in [4.69, 9.17) is 26.0 Å². The summed E-state index contributed by atoms with van der Waals surface area (Å²) in [7, 11) is 0. The number of hydrogen-bond acceptors (Lipinski definition) is 9. The van der Waals surface area contributed by atoms with Crippen LogP contribution < -0.4 is 22.1 Å². The molecule has 0 spiro atoms. The predicted octanol–water partition coefficient (Wildman–Crippen LogP) is -0.760. The van der Waals surface area contributed by atoms with Crippen molar-refractivity contribution in [3.63, 3.8) is 0 Å². The van der Waals surface area contributed by atoms with E-state index in [1.807, 2.05) is 30.3 Å². The summed E-state index contributed by atoms with van der Waals surface area (Å²) in [5.74, 6) is 0. The Morgan fingerprint density at radius 2 is 1.86 bits per heavy atom. The minimum atomic E-state index is -1.20. The standard InChI is InChI=1S/C19H34N4O5/c20-14-22-9-5-2-6-10-27-19(28-13-16(25)12-24)18(26)23-11-17(21)15-7-3-1-4-8-15/h1,3-4,7-8,11,16,18-19,22-26H,2,5-6,9-10,12-14,20-21H2/b17-11-/t16?,18-,19?/m1/s1. The zero-order chi connectivity index (χ0) is 20.6. The molecule has 0 aliphatic rings. The van der Waals surface area contributed by atoms with Gasteiger partial charge in [0.2, 0.25) is 6.29 Å². The van der Waals surface area contributed by atoms with Gasteiger partial charge in [-0.25, -0.2) is 0 Å². The predicted molar refractivity (Wildman–Crippen MR) is 107 cm³/mol. The van der Waals surface area contributed by atoms with E-state index in [2.05, 4.69) is 10.6 Å². The number of benzene rings is 1. The summed E-state index contributed by atoms with van der Waals surface area (Å²) in [4.78, 5) is 0. The highest BCUT2D eigenvalue weighted by Crippen LogP contribution is 2.08. The van der Waals surface area contributed by atoms with Crippen molar-refractivity contribution >= 4 is 5.70 Å². The second-order valence-corrected chi connectivity index (χ2v) is 6.25. The molecule has 28 heavy (non-hydrogen) atoms. The Morgan fingerprint density at radius 3 is 2.54 bits per heavy atom. The number of ether oxygens (including phenoxy) is 2. The molecule has 0 aromatic heterocycles. The first kappa shape index (κ1) is 24.3. The summed E-state index contributed by atoms with van der Waals surface area (Å²) < 4.78 is 11.0. The van der Waals surface area contributed by atoms with E-state index in [1.165, 1.54) is 6.20 Å². The highest BCUT2D eigenvalue weighted by Gasteiger charge is 2.21. The Balaban J connectivity index is 2.49. The minimum absolute atomic E-state index is 0.168. The molecule has 0 amide bonds. The third-order valence-corrected chi connectivity index (χ3v) is 3.86. The maximum Gasteiger partial charge on any atom is 0.202 e. The van der Waals surface area contributed by atoms with Gasteiger partial charge in [-0.2, -0.15) is 0 Å². The minimum Gasteiger partial charge on any atom is -0.397 e. The average Bonchev–Trinajstić information content (AvgIpc) is 2.73. The molecule has 9 heteroatoms. The van der Waals surface area contributed by atoms with E-state index in [1.54, 1.807) is 0 Å². The highest BCUT2D eigenvalue weighted by molar-refractivity contribution is 5.61. The van der Waals surface area contributed by atoms with Crippen LogP contribution >= 0.6 is 0 Å². The van der Waals surface area contributed by atoms with Crippen LogP contribution in [0.3, 0.4) is 0 Å². The lowest BCUT2D eigenvalue weighted by molar-refractivity contribution is -0.210. The van der Waals surface area contributed by atoms with Crippen molar-refractivity contribution in [2.75, 3.05) is 33.0 Å². The van der Waals surface area contributed by atoms with Crippen LogP contribution in [0.4, 0.5) is 0 Å². The fraction of sp³-hybridized carbons (Fsp3) is 0.579. The molecule has 9 nitrogen and oxygen atoms in total. The molecule has 0 fully saturated rings. The third kappa shape index (κ3) is 10.6. The van der Waals surface area contributed by atoms with Crippen molar-refractivity contribution in [3.05, 3.63) is 42.1 Å². The fourth-order valence-electron chi connectivity index (χ4n) is 2.29. The van der Waals surface area contributed by atoms with Crippen LogP contribution in [-0.4, -0.2) is 67.0 Å². The molecule has 0 saturated carbocycles. The van der Waals surface area contributed by atoms with Crippen molar-refractivity contribution < 1.29 is 24.8 Å².